The fraction of sp³-hybridized carbons (Fsp3) is 0.400. The van der Waals surface area contributed by atoms with Crippen LogP contribution in [0.15, 0.2) is 12.1 Å². The number of hydrogen-bond acceptors (Lipinski definition) is 2. The summed E-state index contributed by atoms with van der Waals surface area (Å²) in [7, 11) is 1.62. The molecule has 0 N–H and O–H groups in total. The van der Waals surface area contributed by atoms with E-state index in [0.717, 1.165) is 0 Å². The zero-order valence-corrected chi connectivity index (χ0v) is 5.23. The number of ether oxygens (including phenoxy) is 1. The van der Waals surface area contributed by atoms with E-state index < -0.39 is 0 Å². The van der Waals surface area contributed by atoms with Crippen LogP contribution in [0.25, 0.3) is 0 Å². The minimum absolute atomic E-state index is 0.312. The molecule has 0 fully saturated rings. The lowest BCUT2D eigenvalue weighted by Crippen LogP contribution is -2.05. The monoisotopic (exact) mass is 112 g/mol. The molecule has 0 aromatic carbocycles. The molecule has 0 radical (unpaired) electrons. The second-order valence-electron chi connectivity index (χ2n) is 1.50. The zero-order valence-electron chi connectivity index (χ0n) is 5.23. The quantitative estimate of drug-likeness (QED) is 0.278. The molecule has 0 heterocycles. The van der Waals surface area contributed by atoms with E-state index in [1.807, 2.05) is 0 Å². The van der Waals surface area contributed by atoms with Gasteiger partial charge in [-0.25, -0.2) is 4.79 Å². The van der Waals surface area contributed by atoms with Gasteiger partial charge in [0.2, 0.25) is 0 Å². The number of carbonyl (C=O) groups is 1. The Hall–Kier alpha value is -0.725. The molecule has 0 aliphatic heterocycles. The first-order chi connectivity index (χ1) is 3.68. The van der Waals surface area contributed by atoms with Crippen molar-refractivity contribution in [3.05, 3.63) is 12.1 Å². The topological polar surface area (TPSA) is 26.3 Å². The highest BCUT2D eigenvalue weighted by atomic mass is 16.5. The third kappa shape index (κ3) is 2.45. The largest absolute Gasteiger partial charge is 0.463 e. The van der Waals surface area contributed by atoms with Crippen molar-refractivity contribution in [1.82, 2.24) is 0 Å². The highest BCUT2D eigenvalue weighted by Crippen LogP contribution is 1.85. The van der Waals surface area contributed by atoms with Crippen LogP contribution in [-0.2, 0) is 9.53 Å². The molecule has 0 saturated carbocycles. The molecule has 0 aromatic heterocycles. The standard InChI is InChI=1S/C5H9BO2/c1-3-8-5(7)4(2)6/h2-3,6H2,1H3. The van der Waals surface area contributed by atoms with Crippen molar-refractivity contribution in [1.29, 1.82) is 0 Å². The minimum atomic E-state index is -0.312. The van der Waals surface area contributed by atoms with Gasteiger partial charge in [-0.3, -0.25) is 0 Å². The van der Waals surface area contributed by atoms with E-state index in [-0.39, 0.29) is 5.97 Å². The van der Waals surface area contributed by atoms with Crippen molar-refractivity contribution in [3.63, 3.8) is 0 Å². The Morgan fingerprint density at radius 3 is 2.50 bits per heavy atom. The Morgan fingerprint density at radius 2 is 2.38 bits per heavy atom. The molecule has 0 atom stereocenters. The van der Waals surface area contributed by atoms with E-state index in [0.29, 0.717) is 12.1 Å². The van der Waals surface area contributed by atoms with Crippen LogP contribution in [-0.4, -0.2) is 20.4 Å². The molecule has 0 spiro atoms. The van der Waals surface area contributed by atoms with Gasteiger partial charge in [0.15, 0.2) is 0 Å². The number of carbonyl (C=O) groups excluding carboxylic acids is 1. The molecule has 0 aromatic rings. The summed E-state index contributed by atoms with van der Waals surface area (Å²) in [5.74, 6) is -0.312. The Morgan fingerprint density at radius 1 is 1.88 bits per heavy atom. The second kappa shape index (κ2) is 3.30. The summed E-state index contributed by atoms with van der Waals surface area (Å²) in [6, 6.07) is 0. The van der Waals surface area contributed by atoms with Crippen LogP contribution in [0.2, 0.25) is 0 Å². The van der Waals surface area contributed by atoms with Gasteiger partial charge in [0.1, 0.15) is 7.85 Å². The van der Waals surface area contributed by atoms with E-state index in [9.17, 15) is 4.79 Å². The van der Waals surface area contributed by atoms with E-state index in [1.165, 1.54) is 0 Å². The van der Waals surface area contributed by atoms with E-state index in [2.05, 4.69) is 11.3 Å². The maximum absolute atomic E-state index is 10.4. The lowest BCUT2D eigenvalue weighted by atomic mass is 9.99. The molecule has 0 bridgehead atoms. The van der Waals surface area contributed by atoms with Crippen molar-refractivity contribution in [2.45, 2.75) is 6.92 Å². The summed E-state index contributed by atoms with van der Waals surface area (Å²) in [6.07, 6.45) is 0. The second-order valence-corrected chi connectivity index (χ2v) is 1.50. The number of esters is 1. The van der Waals surface area contributed by atoms with Crippen molar-refractivity contribution in [2.75, 3.05) is 6.61 Å². The first-order valence-electron chi connectivity index (χ1n) is 2.51. The first-order valence-corrected chi connectivity index (χ1v) is 2.51. The molecular formula is C5H9BO2. The van der Waals surface area contributed by atoms with Crippen LogP contribution in [0, 0.1) is 0 Å². The van der Waals surface area contributed by atoms with E-state index >= 15 is 0 Å². The molecule has 0 amide bonds. The Bertz CT molecular complexity index is 109. The summed E-state index contributed by atoms with van der Waals surface area (Å²) in [4.78, 5) is 10.4. The van der Waals surface area contributed by atoms with Crippen LogP contribution >= 0.6 is 0 Å². The van der Waals surface area contributed by atoms with Gasteiger partial charge in [-0.15, -0.1) is 0 Å². The van der Waals surface area contributed by atoms with Crippen LogP contribution in [0.4, 0.5) is 0 Å². The fourth-order valence-corrected chi connectivity index (χ4v) is 0.254. The van der Waals surface area contributed by atoms with Crippen LogP contribution in [0.1, 0.15) is 6.92 Å². The smallest absolute Gasteiger partial charge is 0.323 e. The summed E-state index contributed by atoms with van der Waals surface area (Å²) < 4.78 is 4.56. The van der Waals surface area contributed by atoms with E-state index in [4.69, 9.17) is 0 Å². The predicted octanol–water partition coefficient (Wildman–Crippen LogP) is -0.304. The van der Waals surface area contributed by atoms with Gasteiger partial charge < -0.3 is 4.74 Å². The summed E-state index contributed by atoms with van der Waals surface area (Å²) in [5, 5.41) is 0. The van der Waals surface area contributed by atoms with Gasteiger partial charge in [-0.2, -0.15) is 0 Å². The molecule has 3 heteroatoms. The molecule has 44 valence electrons. The van der Waals surface area contributed by atoms with Gasteiger partial charge in [0.05, 0.1) is 6.61 Å². The highest BCUT2D eigenvalue weighted by Gasteiger charge is 1.97. The van der Waals surface area contributed by atoms with Crippen molar-refractivity contribution >= 4 is 13.8 Å². The maximum Gasteiger partial charge on any atom is 0.323 e. The van der Waals surface area contributed by atoms with Crippen LogP contribution < -0.4 is 0 Å². The van der Waals surface area contributed by atoms with Crippen molar-refractivity contribution in [3.8, 4) is 0 Å². The van der Waals surface area contributed by atoms with Gasteiger partial charge in [0.25, 0.3) is 0 Å². The normalized spacial score (nSPS) is 8.12. The third-order valence-electron chi connectivity index (χ3n) is 0.624. The van der Waals surface area contributed by atoms with E-state index in [1.54, 1.807) is 14.8 Å². The summed E-state index contributed by atoms with van der Waals surface area (Å²) in [5.41, 5.74) is 0.451. The molecule has 0 saturated heterocycles. The zero-order chi connectivity index (χ0) is 6.57. The molecule has 0 aliphatic carbocycles. The van der Waals surface area contributed by atoms with Crippen molar-refractivity contribution in [2.24, 2.45) is 0 Å². The lowest BCUT2D eigenvalue weighted by Gasteiger charge is -1.96. The number of hydrogen-bond donors (Lipinski definition) is 0. The molecular weight excluding hydrogens is 103 g/mol. The molecule has 8 heavy (non-hydrogen) atoms. The predicted molar refractivity (Wildman–Crippen MR) is 34.3 cm³/mol. The average molecular weight is 112 g/mol. The third-order valence-corrected chi connectivity index (χ3v) is 0.624. The Kier molecular flexibility index (Phi) is 3.00. The molecule has 0 rings (SSSR count). The average Bonchev–Trinajstić information content (AvgIpc) is 1.67. The van der Waals surface area contributed by atoms with Crippen LogP contribution in [0.3, 0.4) is 0 Å². The number of rotatable bonds is 2. The summed E-state index contributed by atoms with van der Waals surface area (Å²) in [6.45, 7) is 5.59. The molecule has 0 aliphatic rings. The van der Waals surface area contributed by atoms with Gasteiger partial charge >= 0.3 is 5.97 Å². The minimum Gasteiger partial charge on any atom is -0.463 e. The fourth-order valence-electron chi connectivity index (χ4n) is 0.254. The highest BCUT2D eigenvalue weighted by molar-refractivity contribution is 6.34. The lowest BCUT2D eigenvalue weighted by molar-refractivity contribution is -0.137. The van der Waals surface area contributed by atoms with Crippen molar-refractivity contribution < 1.29 is 9.53 Å². The Balaban J connectivity index is 3.49. The van der Waals surface area contributed by atoms with Crippen LogP contribution in [0.5, 0.6) is 0 Å². The Labute approximate surface area is 49.9 Å². The first kappa shape index (κ1) is 7.27. The van der Waals surface area contributed by atoms with Gasteiger partial charge in [-0.05, 0) is 12.4 Å². The summed E-state index contributed by atoms with van der Waals surface area (Å²) >= 11 is 0. The van der Waals surface area contributed by atoms with Gasteiger partial charge in [0, 0.05) is 0 Å². The molecule has 0 unspecified atom stereocenters. The SMILES string of the molecule is BC(=C)C(=O)OCC. The maximum atomic E-state index is 10.4. The molecule has 2 nitrogen and oxygen atoms in total. The van der Waals surface area contributed by atoms with Gasteiger partial charge in [-0.1, -0.05) is 6.58 Å².